The van der Waals surface area contributed by atoms with Crippen molar-refractivity contribution in [1.82, 2.24) is 14.8 Å². The molecule has 1 aliphatic rings. The third-order valence-electron chi connectivity index (χ3n) is 4.29. The minimum Gasteiger partial charge on any atom is -0.252 e. The van der Waals surface area contributed by atoms with Crippen LogP contribution in [0.1, 0.15) is 31.7 Å². The summed E-state index contributed by atoms with van der Waals surface area (Å²) in [5.74, 6) is 0.699. The molecular weight excluding hydrogens is 293 g/mol. The van der Waals surface area contributed by atoms with Crippen molar-refractivity contribution in [2.45, 2.75) is 38.1 Å². The molecule has 1 aromatic heterocycles. The molecule has 1 heterocycles. The maximum atomic E-state index is 6.46. The second-order valence-corrected chi connectivity index (χ2v) is 6.69. The number of hydrogen-bond acceptors (Lipinski definition) is 2. The minimum atomic E-state index is 0.0365. The van der Waals surface area contributed by atoms with E-state index >= 15 is 0 Å². The van der Waals surface area contributed by atoms with Gasteiger partial charge in [-0.05, 0) is 42.9 Å². The Kier molecular flexibility index (Phi) is 3.74. The maximum absolute atomic E-state index is 6.46. The van der Waals surface area contributed by atoms with Crippen LogP contribution in [0.25, 0.3) is 0 Å². The summed E-state index contributed by atoms with van der Waals surface area (Å²) in [4.78, 5) is 4.04. The van der Waals surface area contributed by atoms with E-state index in [1.807, 2.05) is 16.8 Å². The van der Waals surface area contributed by atoms with E-state index in [0.29, 0.717) is 10.9 Å². The SMILES string of the molecule is CC1CCC(Cn2cncn2)(c2ccc(Cl)cc2Cl)C1. The molecule has 1 saturated carbocycles. The van der Waals surface area contributed by atoms with Crippen LogP contribution in [-0.2, 0) is 12.0 Å². The zero-order valence-corrected chi connectivity index (χ0v) is 12.9. The van der Waals surface area contributed by atoms with Crippen LogP contribution in [0.2, 0.25) is 10.0 Å². The highest BCUT2D eigenvalue weighted by atomic mass is 35.5. The fourth-order valence-electron chi connectivity index (χ4n) is 3.41. The normalized spacial score (nSPS) is 26.1. The number of rotatable bonds is 3. The van der Waals surface area contributed by atoms with Gasteiger partial charge in [0.05, 0.1) is 6.54 Å². The summed E-state index contributed by atoms with van der Waals surface area (Å²) in [5, 5.41) is 5.70. The van der Waals surface area contributed by atoms with E-state index in [9.17, 15) is 0 Å². The van der Waals surface area contributed by atoms with Gasteiger partial charge < -0.3 is 0 Å². The van der Waals surface area contributed by atoms with Crippen LogP contribution in [0, 0.1) is 5.92 Å². The van der Waals surface area contributed by atoms with E-state index in [1.54, 1.807) is 12.7 Å². The molecule has 1 aromatic carbocycles. The van der Waals surface area contributed by atoms with Gasteiger partial charge in [-0.25, -0.2) is 4.98 Å². The zero-order valence-electron chi connectivity index (χ0n) is 11.4. The molecule has 0 radical (unpaired) electrons. The van der Waals surface area contributed by atoms with Crippen molar-refractivity contribution < 1.29 is 0 Å². The Morgan fingerprint density at radius 2 is 2.25 bits per heavy atom. The summed E-state index contributed by atoms with van der Waals surface area (Å²) in [6.07, 6.45) is 6.81. The zero-order chi connectivity index (χ0) is 14.2. The van der Waals surface area contributed by atoms with Crippen LogP contribution in [0.5, 0.6) is 0 Å². The predicted molar refractivity (Wildman–Crippen MR) is 81.2 cm³/mol. The Labute approximate surface area is 128 Å². The van der Waals surface area contributed by atoms with Crippen LogP contribution in [0.15, 0.2) is 30.9 Å². The Hall–Kier alpha value is -1.06. The summed E-state index contributed by atoms with van der Waals surface area (Å²) in [6.45, 7) is 3.12. The van der Waals surface area contributed by atoms with Gasteiger partial charge >= 0.3 is 0 Å². The summed E-state index contributed by atoms with van der Waals surface area (Å²) in [7, 11) is 0. The molecule has 106 valence electrons. The lowest BCUT2D eigenvalue weighted by atomic mass is 9.78. The fraction of sp³-hybridized carbons (Fsp3) is 0.467. The van der Waals surface area contributed by atoms with Crippen LogP contribution < -0.4 is 0 Å². The largest absolute Gasteiger partial charge is 0.252 e. The van der Waals surface area contributed by atoms with Crippen LogP contribution in [-0.4, -0.2) is 14.8 Å². The molecule has 0 amide bonds. The molecule has 0 saturated heterocycles. The highest BCUT2D eigenvalue weighted by molar-refractivity contribution is 6.35. The van der Waals surface area contributed by atoms with Gasteiger partial charge in [0, 0.05) is 15.5 Å². The highest BCUT2D eigenvalue weighted by Gasteiger charge is 2.40. The lowest BCUT2D eigenvalue weighted by molar-refractivity contribution is 0.341. The number of hydrogen-bond donors (Lipinski definition) is 0. The van der Waals surface area contributed by atoms with E-state index in [0.717, 1.165) is 24.4 Å². The Morgan fingerprint density at radius 3 is 2.85 bits per heavy atom. The average molecular weight is 310 g/mol. The molecule has 0 aliphatic heterocycles. The lowest BCUT2D eigenvalue weighted by Gasteiger charge is -2.31. The molecule has 1 aliphatic carbocycles. The topological polar surface area (TPSA) is 30.7 Å². The first-order valence-corrected chi connectivity index (χ1v) is 7.63. The Morgan fingerprint density at radius 1 is 1.40 bits per heavy atom. The van der Waals surface area contributed by atoms with E-state index in [1.165, 1.54) is 12.0 Å². The summed E-state index contributed by atoms with van der Waals surface area (Å²) >= 11 is 12.5. The molecule has 1 fully saturated rings. The summed E-state index contributed by atoms with van der Waals surface area (Å²) in [5.41, 5.74) is 1.22. The quantitative estimate of drug-likeness (QED) is 0.844. The summed E-state index contributed by atoms with van der Waals surface area (Å²) < 4.78 is 1.91. The second kappa shape index (κ2) is 5.38. The summed E-state index contributed by atoms with van der Waals surface area (Å²) in [6, 6.07) is 5.83. The van der Waals surface area contributed by atoms with Crippen molar-refractivity contribution in [3.05, 3.63) is 46.5 Å². The van der Waals surface area contributed by atoms with Gasteiger partial charge in [0.15, 0.2) is 0 Å². The van der Waals surface area contributed by atoms with Crippen molar-refractivity contribution in [3.8, 4) is 0 Å². The molecule has 0 N–H and O–H groups in total. The Bertz CT molecular complexity index is 597. The molecule has 5 heteroatoms. The van der Waals surface area contributed by atoms with Gasteiger partial charge in [-0.15, -0.1) is 0 Å². The number of halogens is 2. The van der Waals surface area contributed by atoms with Crippen molar-refractivity contribution in [1.29, 1.82) is 0 Å². The van der Waals surface area contributed by atoms with Gasteiger partial charge in [0.25, 0.3) is 0 Å². The maximum Gasteiger partial charge on any atom is 0.137 e. The first kappa shape index (κ1) is 13.9. The van der Waals surface area contributed by atoms with Gasteiger partial charge in [-0.3, -0.25) is 4.68 Å². The number of nitrogens with zero attached hydrogens (tertiary/aromatic N) is 3. The van der Waals surface area contributed by atoms with E-state index in [4.69, 9.17) is 23.2 Å². The number of aromatic nitrogens is 3. The molecule has 3 nitrogen and oxygen atoms in total. The smallest absolute Gasteiger partial charge is 0.137 e. The first-order chi connectivity index (χ1) is 9.59. The van der Waals surface area contributed by atoms with Gasteiger partial charge in [0.1, 0.15) is 12.7 Å². The van der Waals surface area contributed by atoms with E-state index < -0.39 is 0 Å². The number of benzene rings is 1. The Balaban J connectivity index is 2.01. The minimum absolute atomic E-state index is 0.0365. The van der Waals surface area contributed by atoms with Crippen LogP contribution >= 0.6 is 23.2 Å². The third kappa shape index (κ3) is 2.57. The van der Waals surface area contributed by atoms with Crippen molar-refractivity contribution in [3.63, 3.8) is 0 Å². The molecule has 3 rings (SSSR count). The first-order valence-electron chi connectivity index (χ1n) is 6.87. The van der Waals surface area contributed by atoms with Crippen molar-refractivity contribution in [2.75, 3.05) is 0 Å². The molecule has 0 bridgehead atoms. The standard InChI is InChI=1S/C15H17Cl2N3/c1-11-4-5-15(7-11,8-20-10-18-9-19-20)13-3-2-12(16)6-14(13)17/h2-3,6,9-11H,4-5,7-8H2,1H3. The second-order valence-electron chi connectivity index (χ2n) is 5.85. The highest BCUT2D eigenvalue weighted by Crippen LogP contribution is 2.47. The monoisotopic (exact) mass is 309 g/mol. The predicted octanol–water partition coefficient (Wildman–Crippen LogP) is 4.34. The fourth-order valence-corrected chi connectivity index (χ4v) is 4.02. The molecular formula is C15H17Cl2N3. The van der Waals surface area contributed by atoms with E-state index in [-0.39, 0.29) is 5.41 Å². The lowest BCUT2D eigenvalue weighted by Crippen LogP contribution is -2.29. The third-order valence-corrected chi connectivity index (χ3v) is 4.84. The van der Waals surface area contributed by atoms with Crippen LogP contribution in [0.3, 0.4) is 0 Å². The van der Waals surface area contributed by atoms with Gasteiger partial charge in [0.2, 0.25) is 0 Å². The van der Waals surface area contributed by atoms with E-state index in [2.05, 4.69) is 23.1 Å². The average Bonchev–Trinajstić information content (AvgIpc) is 3.00. The van der Waals surface area contributed by atoms with Crippen molar-refractivity contribution in [2.24, 2.45) is 5.92 Å². The molecule has 2 atom stereocenters. The molecule has 2 aromatic rings. The molecule has 2 unspecified atom stereocenters. The van der Waals surface area contributed by atoms with Gasteiger partial charge in [-0.1, -0.05) is 36.2 Å². The van der Waals surface area contributed by atoms with Crippen LogP contribution in [0.4, 0.5) is 0 Å². The molecule has 20 heavy (non-hydrogen) atoms. The van der Waals surface area contributed by atoms with Gasteiger partial charge in [-0.2, -0.15) is 5.10 Å². The van der Waals surface area contributed by atoms with Crippen molar-refractivity contribution >= 4 is 23.2 Å². The molecule has 0 spiro atoms.